The van der Waals surface area contributed by atoms with Gasteiger partial charge in [-0.3, -0.25) is 4.79 Å². The van der Waals surface area contributed by atoms with E-state index in [4.69, 9.17) is 11.5 Å². The van der Waals surface area contributed by atoms with Crippen LogP contribution in [0.4, 0.5) is 5.69 Å². The molecule has 0 aliphatic carbocycles. The van der Waals surface area contributed by atoms with Crippen molar-refractivity contribution in [2.75, 3.05) is 5.73 Å². The fourth-order valence-corrected chi connectivity index (χ4v) is 2.55. The lowest BCUT2D eigenvalue weighted by atomic mass is 10.2. The van der Waals surface area contributed by atoms with Gasteiger partial charge in [0.2, 0.25) is 5.91 Å². The summed E-state index contributed by atoms with van der Waals surface area (Å²) >= 11 is 1.54. The van der Waals surface area contributed by atoms with Crippen LogP contribution < -0.4 is 11.5 Å². The molecule has 0 atom stereocenters. The molecule has 0 bridgehead atoms. The smallest absolute Gasteiger partial charge is 0.248 e. The Kier molecular flexibility index (Phi) is 3.58. The summed E-state index contributed by atoms with van der Waals surface area (Å²) in [6, 6.07) is 13.1. The molecule has 0 aromatic heterocycles. The molecule has 0 unspecified atom stereocenters. The van der Waals surface area contributed by atoms with Crippen LogP contribution in [0, 0.1) is 6.92 Å². The SMILES string of the molecule is Cc1ccccc1Sc1cc(C(N)=O)ccc1N. The van der Waals surface area contributed by atoms with Crippen molar-refractivity contribution < 1.29 is 4.79 Å². The highest BCUT2D eigenvalue weighted by Gasteiger charge is 2.07. The molecule has 0 spiro atoms. The highest BCUT2D eigenvalue weighted by molar-refractivity contribution is 7.99. The number of benzene rings is 2. The quantitative estimate of drug-likeness (QED) is 0.832. The summed E-state index contributed by atoms with van der Waals surface area (Å²) in [6.07, 6.45) is 0. The molecule has 2 aromatic carbocycles. The Hall–Kier alpha value is -1.94. The third-order valence-corrected chi connectivity index (χ3v) is 3.86. The van der Waals surface area contributed by atoms with Crippen molar-refractivity contribution >= 4 is 23.4 Å². The first-order chi connectivity index (χ1) is 8.58. The van der Waals surface area contributed by atoms with Gasteiger partial charge in [0.05, 0.1) is 0 Å². The molecule has 0 saturated heterocycles. The first-order valence-electron chi connectivity index (χ1n) is 5.51. The Labute approximate surface area is 110 Å². The van der Waals surface area contributed by atoms with Crippen LogP contribution in [0.5, 0.6) is 0 Å². The maximum absolute atomic E-state index is 11.2. The largest absolute Gasteiger partial charge is 0.398 e. The van der Waals surface area contributed by atoms with Crippen LogP contribution in [0.25, 0.3) is 0 Å². The molecule has 0 heterocycles. The number of hydrogen-bond donors (Lipinski definition) is 2. The number of carbonyl (C=O) groups excluding carboxylic acids is 1. The molecule has 4 heteroatoms. The molecule has 1 amide bonds. The predicted molar refractivity (Wildman–Crippen MR) is 74.7 cm³/mol. The van der Waals surface area contributed by atoms with E-state index in [1.54, 1.807) is 18.2 Å². The summed E-state index contributed by atoms with van der Waals surface area (Å²) in [5.41, 5.74) is 13.5. The highest BCUT2D eigenvalue weighted by Crippen LogP contribution is 2.34. The Morgan fingerprint density at radius 1 is 1.11 bits per heavy atom. The van der Waals surface area contributed by atoms with Crippen LogP contribution in [0.2, 0.25) is 0 Å². The first kappa shape index (κ1) is 12.5. The average Bonchev–Trinajstić information content (AvgIpc) is 2.34. The van der Waals surface area contributed by atoms with Gasteiger partial charge in [-0.25, -0.2) is 0 Å². The van der Waals surface area contributed by atoms with Crippen LogP contribution in [-0.2, 0) is 0 Å². The Morgan fingerprint density at radius 2 is 1.83 bits per heavy atom. The van der Waals surface area contributed by atoms with Crippen molar-refractivity contribution in [2.24, 2.45) is 5.73 Å². The standard InChI is InChI=1S/C14H14N2OS/c1-9-4-2-3-5-12(9)18-13-8-10(14(16)17)6-7-11(13)15/h2-8H,15H2,1H3,(H2,16,17). The third kappa shape index (κ3) is 2.65. The Morgan fingerprint density at radius 3 is 2.50 bits per heavy atom. The number of nitrogen functional groups attached to an aromatic ring is 1. The van der Waals surface area contributed by atoms with Crippen molar-refractivity contribution in [3.8, 4) is 0 Å². The molecule has 2 rings (SSSR count). The van der Waals surface area contributed by atoms with E-state index in [9.17, 15) is 4.79 Å². The minimum absolute atomic E-state index is 0.443. The zero-order valence-corrected chi connectivity index (χ0v) is 10.8. The van der Waals surface area contributed by atoms with E-state index in [2.05, 4.69) is 0 Å². The minimum Gasteiger partial charge on any atom is -0.398 e. The van der Waals surface area contributed by atoms with Gasteiger partial charge in [-0.2, -0.15) is 0 Å². The van der Waals surface area contributed by atoms with Crippen molar-refractivity contribution in [2.45, 2.75) is 16.7 Å². The van der Waals surface area contributed by atoms with Gasteiger partial charge in [0, 0.05) is 21.0 Å². The van der Waals surface area contributed by atoms with Crippen LogP contribution >= 0.6 is 11.8 Å². The van der Waals surface area contributed by atoms with E-state index in [1.165, 1.54) is 17.3 Å². The second-order valence-corrected chi connectivity index (χ2v) is 5.07. The lowest BCUT2D eigenvalue weighted by Gasteiger charge is -2.08. The van der Waals surface area contributed by atoms with Gasteiger partial charge in [-0.15, -0.1) is 0 Å². The predicted octanol–water partition coefficient (Wildman–Crippen LogP) is 2.83. The lowest BCUT2D eigenvalue weighted by Crippen LogP contribution is -2.11. The van der Waals surface area contributed by atoms with Gasteiger partial charge >= 0.3 is 0 Å². The monoisotopic (exact) mass is 258 g/mol. The zero-order chi connectivity index (χ0) is 13.1. The molecular weight excluding hydrogens is 244 g/mol. The number of carbonyl (C=O) groups is 1. The van der Waals surface area contributed by atoms with Crippen molar-refractivity contribution in [3.05, 3.63) is 53.6 Å². The molecule has 0 fully saturated rings. The molecule has 0 aliphatic rings. The molecule has 18 heavy (non-hydrogen) atoms. The van der Waals surface area contributed by atoms with Gasteiger partial charge in [0.25, 0.3) is 0 Å². The van der Waals surface area contributed by atoms with Gasteiger partial charge in [0.1, 0.15) is 0 Å². The zero-order valence-electron chi connectivity index (χ0n) is 10.0. The maximum atomic E-state index is 11.2. The summed E-state index contributed by atoms with van der Waals surface area (Å²) in [6.45, 7) is 2.04. The fourth-order valence-electron chi connectivity index (χ4n) is 1.57. The molecular formula is C14H14N2OS. The van der Waals surface area contributed by atoms with Gasteiger partial charge in [-0.05, 0) is 36.8 Å². The van der Waals surface area contributed by atoms with Crippen molar-refractivity contribution in [1.29, 1.82) is 0 Å². The summed E-state index contributed by atoms with van der Waals surface area (Å²) in [7, 11) is 0. The first-order valence-corrected chi connectivity index (χ1v) is 6.32. The van der Waals surface area contributed by atoms with E-state index < -0.39 is 5.91 Å². The summed E-state index contributed by atoms with van der Waals surface area (Å²) in [5.74, 6) is -0.443. The molecule has 4 N–H and O–H groups in total. The van der Waals surface area contributed by atoms with E-state index in [1.807, 2.05) is 31.2 Å². The van der Waals surface area contributed by atoms with Crippen LogP contribution in [0.1, 0.15) is 15.9 Å². The van der Waals surface area contributed by atoms with Crippen LogP contribution in [0.3, 0.4) is 0 Å². The summed E-state index contributed by atoms with van der Waals surface area (Å²) in [4.78, 5) is 13.1. The summed E-state index contributed by atoms with van der Waals surface area (Å²) in [5, 5.41) is 0. The van der Waals surface area contributed by atoms with Crippen molar-refractivity contribution in [3.63, 3.8) is 0 Å². The van der Waals surface area contributed by atoms with Crippen LogP contribution in [0.15, 0.2) is 52.3 Å². The van der Waals surface area contributed by atoms with E-state index >= 15 is 0 Å². The van der Waals surface area contributed by atoms with Gasteiger partial charge in [0.15, 0.2) is 0 Å². The van der Waals surface area contributed by atoms with E-state index in [-0.39, 0.29) is 0 Å². The number of primary amides is 1. The van der Waals surface area contributed by atoms with Gasteiger partial charge < -0.3 is 11.5 Å². The number of anilines is 1. The summed E-state index contributed by atoms with van der Waals surface area (Å²) < 4.78 is 0. The molecule has 0 radical (unpaired) electrons. The molecule has 3 nitrogen and oxygen atoms in total. The average molecular weight is 258 g/mol. The van der Waals surface area contributed by atoms with Gasteiger partial charge in [-0.1, -0.05) is 30.0 Å². The second-order valence-electron chi connectivity index (χ2n) is 3.98. The number of nitrogens with two attached hydrogens (primary N) is 2. The number of hydrogen-bond acceptors (Lipinski definition) is 3. The third-order valence-electron chi connectivity index (χ3n) is 2.61. The van der Waals surface area contributed by atoms with E-state index in [0.717, 1.165) is 9.79 Å². The fraction of sp³-hybridized carbons (Fsp3) is 0.0714. The Balaban J connectivity index is 2.37. The minimum atomic E-state index is -0.443. The van der Waals surface area contributed by atoms with Crippen molar-refractivity contribution in [1.82, 2.24) is 0 Å². The number of rotatable bonds is 3. The number of aryl methyl sites for hydroxylation is 1. The lowest BCUT2D eigenvalue weighted by molar-refractivity contribution is 0.1000. The maximum Gasteiger partial charge on any atom is 0.248 e. The highest BCUT2D eigenvalue weighted by atomic mass is 32.2. The number of amides is 1. The molecule has 0 saturated carbocycles. The molecule has 92 valence electrons. The molecule has 2 aromatic rings. The molecule has 0 aliphatic heterocycles. The van der Waals surface area contributed by atoms with Crippen LogP contribution in [-0.4, -0.2) is 5.91 Å². The normalized spacial score (nSPS) is 10.3. The van der Waals surface area contributed by atoms with E-state index in [0.29, 0.717) is 11.3 Å². The topological polar surface area (TPSA) is 69.1 Å². The Bertz CT molecular complexity index is 596. The second kappa shape index (κ2) is 5.14.